The van der Waals surface area contributed by atoms with Crippen LogP contribution in [0.5, 0.6) is 0 Å². The molecule has 1 atom stereocenters. The summed E-state index contributed by atoms with van der Waals surface area (Å²) in [6.07, 6.45) is 7.06. The molecular weight excluding hydrogens is 214 g/mol. The Balaban J connectivity index is 0.00000112. The van der Waals surface area contributed by atoms with Crippen LogP contribution < -0.4 is 5.73 Å². The predicted octanol–water partition coefficient (Wildman–Crippen LogP) is 1.88. The summed E-state index contributed by atoms with van der Waals surface area (Å²) in [6, 6.07) is -0.365. The molecule has 0 amide bonds. The van der Waals surface area contributed by atoms with Crippen molar-refractivity contribution in [2.24, 2.45) is 17.6 Å². The lowest BCUT2D eigenvalue weighted by Gasteiger charge is -2.17. The number of carbonyl (C=O) groups excluding carboxylic acids is 1. The molecule has 2 aliphatic carbocycles. The molecule has 0 aromatic heterocycles. The van der Waals surface area contributed by atoms with Crippen LogP contribution in [0.1, 0.15) is 38.5 Å². The lowest BCUT2D eigenvalue weighted by atomic mass is 9.99. The Morgan fingerprint density at radius 2 is 1.87 bits per heavy atom. The van der Waals surface area contributed by atoms with Crippen molar-refractivity contribution in [2.75, 3.05) is 6.61 Å². The molecule has 2 fully saturated rings. The Morgan fingerprint density at radius 3 is 2.40 bits per heavy atom. The maximum atomic E-state index is 11.5. The van der Waals surface area contributed by atoms with E-state index in [9.17, 15) is 4.79 Å². The minimum Gasteiger partial charge on any atom is -0.464 e. The molecule has 2 aliphatic rings. The SMILES string of the molecule is Cl.NC(C(=O)OCC1CC1)C1CCCC1. The summed E-state index contributed by atoms with van der Waals surface area (Å²) in [5.74, 6) is 0.834. The van der Waals surface area contributed by atoms with Crippen LogP contribution in [0.2, 0.25) is 0 Å². The van der Waals surface area contributed by atoms with Crippen molar-refractivity contribution in [3.63, 3.8) is 0 Å². The van der Waals surface area contributed by atoms with E-state index in [1.54, 1.807) is 0 Å². The average Bonchev–Trinajstić information content (AvgIpc) is 2.86. The highest BCUT2D eigenvalue weighted by Gasteiger charge is 2.30. The quantitative estimate of drug-likeness (QED) is 0.755. The van der Waals surface area contributed by atoms with Gasteiger partial charge in [-0.3, -0.25) is 4.79 Å². The van der Waals surface area contributed by atoms with Crippen LogP contribution in [0.25, 0.3) is 0 Å². The summed E-state index contributed by atoms with van der Waals surface area (Å²) in [5.41, 5.74) is 5.85. The molecule has 2 rings (SSSR count). The lowest BCUT2D eigenvalue weighted by Crippen LogP contribution is -2.38. The summed E-state index contributed by atoms with van der Waals surface area (Å²) in [5, 5.41) is 0. The second-order valence-corrected chi connectivity index (χ2v) is 4.64. The van der Waals surface area contributed by atoms with E-state index < -0.39 is 0 Å². The van der Waals surface area contributed by atoms with Crippen molar-refractivity contribution in [3.8, 4) is 0 Å². The Kier molecular flexibility index (Phi) is 4.87. The molecule has 88 valence electrons. The van der Waals surface area contributed by atoms with Crippen molar-refractivity contribution in [1.29, 1.82) is 0 Å². The van der Waals surface area contributed by atoms with Crippen LogP contribution in [0.4, 0.5) is 0 Å². The Hall–Kier alpha value is -0.280. The van der Waals surface area contributed by atoms with Crippen LogP contribution in [0, 0.1) is 11.8 Å². The van der Waals surface area contributed by atoms with Gasteiger partial charge in [0.2, 0.25) is 0 Å². The number of halogens is 1. The fourth-order valence-electron chi connectivity index (χ4n) is 2.09. The van der Waals surface area contributed by atoms with Crippen molar-refractivity contribution in [1.82, 2.24) is 0 Å². The van der Waals surface area contributed by atoms with Gasteiger partial charge in [-0.05, 0) is 37.5 Å². The van der Waals surface area contributed by atoms with Crippen molar-refractivity contribution in [3.05, 3.63) is 0 Å². The third kappa shape index (κ3) is 3.65. The van der Waals surface area contributed by atoms with E-state index in [1.807, 2.05) is 0 Å². The molecule has 0 aromatic carbocycles. The summed E-state index contributed by atoms with van der Waals surface area (Å²) >= 11 is 0. The van der Waals surface area contributed by atoms with Gasteiger partial charge in [0.1, 0.15) is 6.04 Å². The van der Waals surface area contributed by atoms with Crippen LogP contribution in [0.3, 0.4) is 0 Å². The summed E-state index contributed by atoms with van der Waals surface area (Å²) < 4.78 is 5.18. The van der Waals surface area contributed by atoms with E-state index in [4.69, 9.17) is 10.5 Å². The molecule has 0 aromatic rings. The van der Waals surface area contributed by atoms with E-state index in [-0.39, 0.29) is 24.4 Å². The number of rotatable bonds is 4. The van der Waals surface area contributed by atoms with Crippen LogP contribution in [-0.4, -0.2) is 18.6 Å². The summed E-state index contributed by atoms with van der Waals surface area (Å²) in [7, 11) is 0. The molecule has 0 spiro atoms. The van der Waals surface area contributed by atoms with Gasteiger partial charge in [0.25, 0.3) is 0 Å². The molecule has 0 heterocycles. The molecule has 2 N–H and O–H groups in total. The first kappa shape index (κ1) is 12.8. The summed E-state index contributed by atoms with van der Waals surface area (Å²) in [4.78, 5) is 11.5. The van der Waals surface area contributed by atoms with Gasteiger partial charge in [-0.15, -0.1) is 12.4 Å². The van der Waals surface area contributed by atoms with E-state index in [2.05, 4.69) is 0 Å². The normalized spacial score (nSPS) is 23.3. The van der Waals surface area contributed by atoms with Gasteiger partial charge in [0.15, 0.2) is 0 Å². The Labute approximate surface area is 97.1 Å². The largest absolute Gasteiger partial charge is 0.464 e. The molecule has 0 aliphatic heterocycles. The maximum absolute atomic E-state index is 11.5. The molecule has 4 heteroatoms. The third-order valence-corrected chi connectivity index (χ3v) is 3.34. The molecule has 0 saturated heterocycles. The molecule has 0 bridgehead atoms. The second kappa shape index (κ2) is 5.71. The number of nitrogens with two attached hydrogens (primary N) is 1. The fraction of sp³-hybridized carbons (Fsp3) is 0.909. The molecular formula is C11H20ClNO2. The van der Waals surface area contributed by atoms with Crippen LogP contribution in [0.15, 0.2) is 0 Å². The van der Waals surface area contributed by atoms with Crippen LogP contribution in [-0.2, 0) is 9.53 Å². The van der Waals surface area contributed by atoms with E-state index in [0.29, 0.717) is 18.4 Å². The first-order valence-corrected chi connectivity index (χ1v) is 5.69. The van der Waals surface area contributed by atoms with E-state index in [1.165, 1.54) is 25.7 Å². The zero-order valence-electron chi connectivity index (χ0n) is 8.98. The smallest absolute Gasteiger partial charge is 0.323 e. The van der Waals surface area contributed by atoms with E-state index in [0.717, 1.165) is 12.8 Å². The van der Waals surface area contributed by atoms with E-state index >= 15 is 0 Å². The standard InChI is InChI=1S/C11H19NO2.ClH/c12-10(9-3-1-2-4-9)11(13)14-7-8-5-6-8;/h8-10H,1-7,12H2;1H. The van der Waals surface area contributed by atoms with Crippen molar-refractivity contribution >= 4 is 18.4 Å². The number of ether oxygens (including phenoxy) is 1. The van der Waals surface area contributed by atoms with Crippen molar-refractivity contribution < 1.29 is 9.53 Å². The minimum atomic E-state index is -0.365. The van der Waals surface area contributed by atoms with Gasteiger partial charge in [0.05, 0.1) is 6.61 Å². The molecule has 2 saturated carbocycles. The minimum absolute atomic E-state index is 0. The maximum Gasteiger partial charge on any atom is 0.323 e. The second-order valence-electron chi connectivity index (χ2n) is 4.64. The molecule has 3 nitrogen and oxygen atoms in total. The average molecular weight is 234 g/mol. The highest BCUT2D eigenvalue weighted by Crippen LogP contribution is 2.30. The number of hydrogen-bond acceptors (Lipinski definition) is 3. The van der Waals surface area contributed by atoms with Gasteiger partial charge in [-0.1, -0.05) is 12.8 Å². The monoisotopic (exact) mass is 233 g/mol. The van der Waals surface area contributed by atoms with Crippen LogP contribution >= 0.6 is 12.4 Å². The number of carbonyl (C=O) groups is 1. The van der Waals surface area contributed by atoms with Gasteiger partial charge < -0.3 is 10.5 Å². The summed E-state index contributed by atoms with van der Waals surface area (Å²) in [6.45, 7) is 0.596. The first-order chi connectivity index (χ1) is 6.77. The number of hydrogen-bond donors (Lipinski definition) is 1. The Morgan fingerprint density at radius 1 is 1.27 bits per heavy atom. The topological polar surface area (TPSA) is 52.3 Å². The predicted molar refractivity (Wildman–Crippen MR) is 60.9 cm³/mol. The fourth-order valence-corrected chi connectivity index (χ4v) is 2.09. The van der Waals surface area contributed by atoms with Gasteiger partial charge in [-0.25, -0.2) is 0 Å². The van der Waals surface area contributed by atoms with Crippen molar-refractivity contribution in [2.45, 2.75) is 44.6 Å². The zero-order valence-corrected chi connectivity index (χ0v) is 9.80. The van der Waals surface area contributed by atoms with Gasteiger partial charge >= 0.3 is 5.97 Å². The lowest BCUT2D eigenvalue weighted by molar-refractivity contribution is -0.147. The molecule has 1 unspecified atom stereocenters. The third-order valence-electron chi connectivity index (χ3n) is 3.34. The number of esters is 1. The first-order valence-electron chi connectivity index (χ1n) is 5.69. The molecule has 0 radical (unpaired) electrons. The van der Waals surface area contributed by atoms with Gasteiger partial charge in [0, 0.05) is 0 Å². The Bertz CT molecular complexity index is 213. The van der Waals surface area contributed by atoms with Gasteiger partial charge in [-0.2, -0.15) is 0 Å². The highest BCUT2D eigenvalue weighted by molar-refractivity contribution is 5.85. The molecule has 15 heavy (non-hydrogen) atoms. The highest BCUT2D eigenvalue weighted by atomic mass is 35.5. The zero-order chi connectivity index (χ0) is 9.97.